The van der Waals surface area contributed by atoms with Crippen LogP contribution < -0.4 is 0 Å². The number of hydrogen-bond donors (Lipinski definition) is 0. The van der Waals surface area contributed by atoms with E-state index in [1.807, 2.05) is 13.8 Å². The molecule has 0 aliphatic heterocycles. The van der Waals surface area contributed by atoms with Crippen LogP contribution in [-0.4, -0.2) is 0 Å². The molecule has 23 heavy (non-hydrogen) atoms. The van der Waals surface area contributed by atoms with E-state index in [0.29, 0.717) is 11.1 Å². The SMILES string of the molecule is CC(C)(c1c(Cl)c(Cl)cc(Cl)c1Cl)c1c(Cl)c(Cl)cc(Cl)c1Cl. The molecule has 2 aromatic carbocycles. The van der Waals surface area contributed by atoms with E-state index in [4.69, 9.17) is 92.8 Å². The lowest BCUT2D eigenvalue weighted by Crippen LogP contribution is -2.22. The van der Waals surface area contributed by atoms with Crippen molar-refractivity contribution in [3.63, 3.8) is 0 Å². The van der Waals surface area contributed by atoms with Crippen LogP contribution in [0.1, 0.15) is 25.0 Å². The van der Waals surface area contributed by atoms with Gasteiger partial charge in [-0.25, -0.2) is 0 Å². The Kier molecular flexibility index (Phi) is 6.26. The molecule has 0 nitrogen and oxygen atoms in total. The molecule has 0 bridgehead atoms. The summed E-state index contributed by atoms with van der Waals surface area (Å²) >= 11 is 50.0. The molecule has 2 rings (SSSR count). The summed E-state index contributed by atoms with van der Waals surface area (Å²) < 4.78 is 0. The Morgan fingerprint density at radius 1 is 0.522 bits per heavy atom. The first-order valence-electron chi connectivity index (χ1n) is 6.17. The van der Waals surface area contributed by atoms with Gasteiger partial charge in [0.1, 0.15) is 0 Å². The van der Waals surface area contributed by atoms with Crippen molar-refractivity contribution in [3.05, 3.63) is 63.4 Å². The van der Waals surface area contributed by atoms with Crippen LogP contribution in [0.25, 0.3) is 0 Å². The van der Waals surface area contributed by atoms with E-state index in [1.165, 1.54) is 12.1 Å². The zero-order valence-corrected chi connectivity index (χ0v) is 17.7. The van der Waals surface area contributed by atoms with Crippen molar-refractivity contribution in [2.24, 2.45) is 0 Å². The highest BCUT2D eigenvalue weighted by Gasteiger charge is 2.35. The molecule has 0 amide bonds. The normalized spacial score (nSPS) is 11.9. The van der Waals surface area contributed by atoms with Gasteiger partial charge >= 0.3 is 0 Å². The molecule has 0 heterocycles. The van der Waals surface area contributed by atoms with Gasteiger partial charge in [0.15, 0.2) is 0 Å². The lowest BCUT2D eigenvalue weighted by atomic mass is 9.78. The highest BCUT2D eigenvalue weighted by Crippen LogP contribution is 2.51. The van der Waals surface area contributed by atoms with Gasteiger partial charge in [0.2, 0.25) is 0 Å². The number of halogens is 8. The van der Waals surface area contributed by atoms with Crippen molar-refractivity contribution in [2.45, 2.75) is 19.3 Å². The van der Waals surface area contributed by atoms with Crippen molar-refractivity contribution in [3.8, 4) is 0 Å². The van der Waals surface area contributed by atoms with Gasteiger partial charge in [-0.2, -0.15) is 0 Å². The van der Waals surface area contributed by atoms with Crippen molar-refractivity contribution in [2.75, 3.05) is 0 Å². The summed E-state index contributed by atoms with van der Waals surface area (Å²) in [6.07, 6.45) is 0. The Hall–Kier alpha value is 0.760. The van der Waals surface area contributed by atoms with Gasteiger partial charge in [0.25, 0.3) is 0 Å². The number of hydrogen-bond acceptors (Lipinski definition) is 0. The fraction of sp³-hybridized carbons (Fsp3) is 0.200. The lowest BCUT2D eigenvalue weighted by Gasteiger charge is -2.31. The van der Waals surface area contributed by atoms with E-state index in [0.717, 1.165) is 0 Å². The van der Waals surface area contributed by atoms with Crippen LogP contribution in [0.5, 0.6) is 0 Å². The second kappa shape index (κ2) is 7.17. The van der Waals surface area contributed by atoms with E-state index in [1.54, 1.807) is 0 Å². The molecule has 0 N–H and O–H groups in total. The Bertz CT molecular complexity index is 677. The molecule has 0 aliphatic carbocycles. The lowest BCUT2D eigenvalue weighted by molar-refractivity contribution is 0.642. The van der Waals surface area contributed by atoms with Crippen LogP contribution in [0.15, 0.2) is 12.1 Å². The molecule has 0 unspecified atom stereocenters. The average Bonchev–Trinajstić information content (AvgIpc) is 2.43. The molecule has 0 spiro atoms. The monoisotopic (exact) mass is 468 g/mol. The average molecular weight is 472 g/mol. The Morgan fingerprint density at radius 2 is 0.739 bits per heavy atom. The van der Waals surface area contributed by atoms with Crippen LogP contribution >= 0.6 is 92.8 Å². The fourth-order valence-electron chi connectivity index (χ4n) is 2.37. The minimum Gasteiger partial charge on any atom is -0.0826 e. The van der Waals surface area contributed by atoms with Gasteiger partial charge in [-0.05, 0) is 12.1 Å². The van der Waals surface area contributed by atoms with Crippen LogP contribution in [0, 0.1) is 0 Å². The molecule has 0 saturated carbocycles. The third-order valence-electron chi connectivity index (χ3n) is 3.47. The van der Waals surface area contributed by atoms with Crippen LogP contribution in [0.4, 0.5) is 0 Å². The van der Waals surface area contributed by atoms with E-state index in [-0.39, 0.29) is 40.2 Å². The second-order valence-electron chi connectivity index (χ2n) is 5.31. The molecular weight excluding hydrogens is 464 g/mol. The minimum atomic E-state index is -0.856. The maximum absolute atomic E-state index is 6.36. The van der Waals surface area contributed by atoms with Gasteiger partial charge in [0, 0.05) is 16.5 Å². The largest absolute Gasteiger partial charge is 0.0826 e. The summed E-state index contributed by atoms with van der Waals surface area (Å²) in [6, 6.07) is 2.95. The van der Waals surface area contributed by atoms with Gasteiger partial charge in [0.05, 0.1) is 40.2 Å². The third kappa shape index (κ3) is 3.52. The summed E-state index contributed by atoms with van der Waals surface area (Å²) in [7, 11) is 0. The Labute approximate surface area is 174 Å². The second-order valence-corrected chi connectivity index (χ2v) is 8.45. The van der Waals surface area contributed by atoms with Crippen molar-refractivity contribution >= 4 is 92.8 Å². The molecule has 8 heteroatoms. The minimum absolute atomic E-state index is 0.259. The molecule has 124 valence electrons. The van der Waals surface area contributed by atoms with Gasteiger partial charge < -0.3 is 0 Å². The first kappa shape index (κ1) is 20.1. The third-order valence-corrected chi connectivity index (χ3v) is 6.62. The molecule has 0 radical (unpaired) electrons. The summed E-state index contributed by atoms with van der Waals surface area (Å²) in [5.41, 5.74) is 0.117. The molecule has 2 aromatic rings. The molecule has 0 saturated heterocycles. The first-order valence-corrected chi connectivity index (χ1v) is 9.19. The number of rotatable bonds is 2. The summed E-state index contributed by atoms with van der Waals surface area (Å²) in [4.78, 5) is 0. The van der Waals surface area contributed by atoms with E-state index in [9.17, 15) is 0 Å². The topological polar surface area (TPSA) is 0 Å². The predicted octanol–water partition coefficient (Wildman–Crippen LogP) is 9.24. The van der Waals surface area contributed by atoms with Gasteiger partial charge in [-0.15, -0.1) is 0 Å². The van der Waals surface area contributed by atoms with Crippen LogP contribution in [0.2, 0.25) is 40.2 Å². The standard InChI is InChI=1S/C15H8Cl8/c1-15(2,9-11(20)5(16)3-6(17)12(9)21)10-13(22)7(18)4-8(19)14(10)23/h3-4H,1-2H3. The van der Waals surface area contributed by atoms with E-state index < -0.39 is 5.41 Å². The summed E-state index contributed by atoms with van der Waals surface area (Å²) in [6.45, 7) is 3.65. The van der Waals surface area contributed by atoms with E-state index in [2.05, 4.69) is 0 Å². The predicted molar refractivity (Wildman–Crippen MR) is 105 cm³/mol. The van der Waals surface area contributed by atoms with Gasteiger partial charge in [-0.1, -0.05) is 107 Å². The molecule has 0 aliphatic rings. The highest BCUT2D eigenvalue weighted by molar-refractivity contribution is 6.49. The maximum atomic E-state index is 6.36. The van der Waals surface area contributed by atoms with Crippen molar-refractivity contribution in [1.29, 1.82) is 0 Å². The van der Waals surface area contributed by atoms with Gasteiger partial charge in [-0.3, -0.25) is 0 Å². The first-order chi connectivity index (χ1) is 10.5. The zero-order chi connectivity index (χ0) is 17.7. The Morgan fingerprint density at radius 3 is 0.957 bits per heavy atom. The molecule has 0 fully saturated rings. The number of benzene rings is 2. The van der Waals surface area contributed by atoms with Crippen LogP contribution in [-0.2, 0) is 5.41 Å². The smallest absolute Gasteiger partial charge is 0.0649 e. The summed E-state index contributed by atoms with van der Waals surface area (Å²) in [5, 5.41) is 2.11. The van der Waals surface area contributed by atoms with E-state index >= 15 is 0 Å². The zero-order valence-electron chi connectivity index (χ0n) is 11.7. The highest BCUT2D eigenvalue weighted by atomic mass is 35.5. The molecule has 0 aromatic heterocycles. The molecule has 0 atom stereocenters. The molecular formula is C15H8Cl8. The van der Waals surface area contributed by atoms with Crippen molar-refractivity contribution < 1.29 is 0 Å². The van der Waals surface area contributed by atoms with Crippen molar-refractivity contribution in [1.82, 2.24) is 0 Å². The summed E-state index contributed by atoms with van der Waals surface area (Å²) in [5.74, 6) is 0. The quantitative estimate of drug-likeness (QED) is 0.383. The van der Waals surface area contributed by atoms with Crippen LogP contribution in [0.3, 0.4) is 0 Å². The Balaban J connectivity index is 2.90. The fourth-order valence-corrected chi connectivity index (χ4v) is 4.93. The maximum Gasteiger partial charge on any atom is 0.0649 e.